The first-order valence-electron chi connectivity index (χ1n) is 14.7. The number of carbonyl (C=O) groups excluding carboxylic acids is 2. The van der Waals surface area contributed by atoms with Gasteiger partial charge in [0.05, 0.1) is 36.1 Å². The van der Waals surface area contributed by atoms with E-state index in [4.69, 9.17) is 23.9 Å². The number of carbonyl (C=O) groups is 2. The van der Waals surface area contributed by atoms with Crippen LogP contribution in [0.4, 0.5) is 5.13 Å². The number of nitrogens with zero attached hydrogens (tertiary/aromatic N) is 2. The van der Waals surface area contributed by atoms with Crippen molar-refractivity contribution in [3.8, 4) is 23.0 Å². The average molecular weight is 635 g/mol. The van der Waals surface area contributed by atoms with E-state index < -0.39 is 17.7 Å². The highest BCUT2D eigenvalue weighted by Crippen LogP contribution is 2.46. The molecule has 0 spiro atoms. The Morgan fingerprint density at radius 1 is 0.978 bits per heavy atom. The molecule has 10 heteroatoms. The Labute approximate surface area is 269 Å². The molecule has 9 nitrogen and oxygen atoms in total. The number of fused-ring (bicyclic) bond motifs is 2. The molecule has 5 aromatic rings. The summed E-state index contributed by atoms with van der Waals surface area (Å²) < 4.78 is 23.8. The normalized spacial score (nSPS) is 18.5. The number of rotatable bonds is 8. The van der Waals surface area contributed by atoms with Gasteiger partial charge >= 0.3 is 5.91 Å². The molecule has 46 heavy (non-hydrogen) atoms. The van der Waals surface area contributed by atoms with Crippen molar-refractivity contribution >= 4 is 44.1 Å². The van der Waals surface area contributed by atoms with E-state index in [1.54, 1.807) is 49.6 Å². The number of thiazole rings is 1. The maximum absolute atomic E-state index is 13.8. The van der Waals surface area contributed by atoms with Crippen LogP contribution in [0.3, 0.4) is 0 Å². The zero-order chi connectivity index (χ0) is 31.9. The van der Waals surface area contributed by atoms with Crippen molar-refractivity contribution in [2.75, 3.05) is 19.1 Å². The average Bonchev–Trinajstić information content (AvgIpc) is 3.75. The molecule has 1 fully saturated rings. The zero-order valence-corrected chi connectivity index (χ0v) is 26.2. The van der Waals surface area contributed by atoms with Gasteiger partial charge in [0.15, 0.2) is 16.6 Å². The van der Waals surface area contributed by atoms with Gasteiger partial charge in [0.25, 0.3) is 5.78 Å². The van der Waals surface area contributed by atoms with Crippen molar-refractivity contribution in [2.45, 2.75) is 32.1 Å². The number of aromatic nitrogens is 1. The van der Waals surface area contributed by atoms with Gasteiger partial charge in [-0.1, -0.05) is 47.7 Å². The van der Waals surface area contributed by atoms with Gasteiger partial charge in [-0.25, -0.2) is 4.98 Å². The third-order valence-corrected chi connectivity index (χ3v) is 9.16. The molecule has 3 heterocycles. The molecule has 2 aliphatic heterocycles. The van der Waals surface area contributed by atoms with E-state index in [2.05, 4.69) is 0 Å². The molecule has 0 aliphatic carbocycles. The predicted molar refractivity (Wildman–Crippen MR) is 175 cm³/mol. The van der Waals surface area contributed by atoms with Crippen LogP contribution in [-0.4, -0.2) is 42.1 Å². The van der Waals surface area contributed by atoms with E-state index in [0.717, 1.165) is 21.6 Å². The number of hydrogen-bond acceptors (Lipinski definition) is 9. The van der Waals surface area contributed by atoms with Gasteiger partial charge in [-0.15, -0.1) is 0 Å². The number of benzene rings is 4. The first-order valence-corrected chi connectivity index (χ1v) is 15.6. The summed E-state index contributed by atoms with van der Waals surface area (Å²) in [4.78, 5) is 33.7. The number of ether oxygens (including phenoxy) is 4. The summed E-state index contributed by atoms with van der Waals surface area (Å²) in [5.74, 6) is 0.406. The van der Waals surface area contributed by atoms with Crippen molar-refractivity contribution < 1.29 is 33.6 Å². The first kappa shape index (κ1) is 29.4. The Balaban J connectivity index is 1.35. The first-order chi connectivity index (χ1) is 22.3. The second-order valence-electron chi connectivity index (χ2n) is 11.1. The molecule has 2 aliphatic rings. The maximum atomic E-state index is 13.8. The Kier molecular flexibility index (Phi) is 7.58. The molecular weight excluding hydrogens is 604 g/mol. The molecule has 1 aromatic heterocycles. The number of aliphatic hydroxyl groups excluding tert-OH is 1. The minimum Gasteiger partial charge on any atom is -0.507 e. The molecule has 1 saturated heterocycles. The van der Waals surface area contributed by atoms with Gasteiger partial charge in [-0.2, -0.15) is 0 Å². The Morgan fingerprint density at radius 2 is 1.80 bits per heavy atom. The topological polar surface area (TPSA) is 107 Å². The van der Waals surface area contributed by atoms with Gasteiger partial charge in [-0.3, -0.25) is 14.5 Å². The molecule has 2 unspecified atom stereocenters. The van der Waals surface area contributed by atoms with E-state index in [1.807, 2.05) is 49.4 Å². The summed E-state index contributed by atoms with van der Waals surface area (Å²) in [7, 11) is 3.11. The standard InChI is InChI=1S/C36H30N2O7S/c1-20-15-24-16-23(10-13-27(24)45-20)33(39)31-32(22-9-14-28(29(17-22)43-3)44-19-21-7-5-4-6-8-21)38(35(41)34(31)40)36-37-26-12-11-25(42-2)18-30(26)46-36/h4-14,16-18,20,32,39H,15,19H2,1-3H3. The molecular formula is C36H30N2O7S. The second-order valence-corrected chi connectivity index (χ2v) is 12.1. The van der Waals surface area contributed by atoms with Crippen LogP contribution in [0.5, 0.6) is 23.0 Å². The number of Topliss-reactive ketones (excluding diaryl/α,β-unsaturated/α-hetero) is 1. The Hall–Kier alpha value is -5.35. The van der Waals surface area contributed by atoms with Crippen molar-refractivity contribution in [3.63, 3.8) is 0 Å². The highest BCUT2D eigenvalue weighted by Gasteiger charge is 2.48. The van der Waals surface area contributed by atoms with Gasteiger partial charge in [0.2, 0.25) is 0 Å². The van der Waals surface area contributed by atoms with E-state index in [0.29, 0.717) is 52.1 Å². The molecule has 1 amide bonds. The zero-order valence-electron chi connectivity index (χ0n) is 25.4. The number of hydrogen-bond donors (Lipinski definition) is 1. The predicted octanol–water partition coefficient (Wildman–Crippen LogP) is 6.84. The van der Waals surface area contributed by atoms with Crippen LogP contribution in [0.1, 0.15) is 35.2 Å². The fourth-order valence-corrected chi connectivity index (χ4v) is 6.92. The number of methoxy groups -OCH3 is 2. The third-order valence-electron chi connectivity index (χ3n) is 8.14. The summed E-state index contributed by atoms with van der Waals surface area (Å²) in [5, 5.41) is 12.1. The largest absolute Gasteiger partial charge is 0.507 e. The number of ketones is 1. The summed E-state index contributed by atoms with van der Waals surface area (Å²) in [6, 6.07) is 24.7. The summed E-state index contributed by atoms with van der Waals surface area (Å²) >= 11 is 1.26. The van der Waals surface area contributed by atoms with Crippen LogP contribution in [0, 0.1) is 0 Å². The summed E-state index contributed by atoms with van der Waals surface area (Å²) in [6.07, 6.45) is 0.677. The SMILES string of the molecule is COc1ccc2nc(N3C(=O)C(=O)C(=C(O)c4ccc5c(c4)CC(C)O5)C3c3ccc(OCc4ccccc4)c(OC)c3)sc2c1. The minimum absolute atomic E-state index is 0.00530. The van der Waals surface area contributed by atoms with E-state index >= 15 is 0 Å². The van der Waals surface area contributed by atoms with Crippen LogP contribution in [0.15, 0.2) is 90.5 Å². The molecule has 7 rings (SSSR count). The molecule has 4 aromatic carbocycles. The van der Waals surface area contributed by atoms with Crippen LogP contribution in [-0.2, 0) is 22.6 Å². The smallest absolute Gasteiger partial charge is 0.301 e. The summed E-state index contributed by atoms with van der Waals surface area (Å²) in [6.45, 7) is 2.30. The van der Waals surface area contributed by atoms with Crippen LogP contribution >= 0.6 is 11.3 Å². The maximum Gasteiger partial charge on any atom is 0.301 e. The molecule has 232 valence electrons. The van der Waals surface area contributed by atoms with E-state index in [-0.39, 0.29) is 17.4 Å². The van der Waals surface area contributed by atoms with Gasteiger partial charge in [-0.05, 0) is 72.1 Å². The van der Waals surface area contributed by atoms with Crippen molar-refractivity contribution in [3.05, 3.63) is 113 Å². The van der Waals surface area contributed by atoms with Crippen LogP contribution in [0.2, 0.25) is 0 Å². The minimum atomic E-state index is -0.997. The highest BCUT2D eigenvalue weighted by molar-refractivity contribution is 7.22. The lowest BCUT2D eigenvalue weighted by Gasteiger charge is -2.24. The fraction of sp³-hybridized carbons (Fsp3) is 0.194. The lowest BCUT2D eigenvalue weighted by molar-refractivity contribution is -0.132. The number of aliphatic hydroxyl groups is 1. The Bertz CT molecular complexity index is 2020. The van der Waals surface area contributed by atoms with Gasteiger partial charge < -0.3 is 24.1 Å². The fourth-order valence-electron chi connectivity index (χ4n) is 5.90. The van der Waals surface area contributed by atoms with Crippen molar-refractivity contribution in [2.24, 2.45) is 0 Å². The van der Waals surface area contributed by atoms with Gasteiger partial charge in [0.1, 0.15) is 30.0 Å². The van der Waals surface area contributed by atoms with Crippen molar-refractivity contribution in [1.82, 2.24) is 4.98 Å². The highest BCUT2D eigenvalue weighted by atomic mass is 32.1. The molecule has 0 radical (unpaired) electrons. The van der Waals surface area contributed by atoms with Crippen molar-refractivity contribution in [1.29, 1.82) is 0 Å². The quantitative estimate of drug-likeness (QED) is 0.112. The van der Waals surface area contributed by atoms with Gasteiger partial charge in [0, 0.05) is 12.0 Å². The van der Waals surface area contributed by atoms with E-state index in [9.17, 15) is 14.7 Å². The molecule has 2 atom stereocenters. The van der Waals surface area contributed by atoms with E-state index in [1.165, 1.54) is 23.3 Å². The molecule has 0 saturated carbocycles. The number of anilines is 1. The Morgan fingerprint density at radius 3 is 2.59 bits per heavy atom. The number of amides is 1. The van der Waals surface area contributed by atoms with Crippen LogP contribution < -0.4 is 23.8 Å². The lowest BCUT2D eigenvalue weighted by Crippen LogP contribution is -2.29. The second kappa shape index (κ2) is 11.9. The summed E-state index contributed by atoms with van der Waals surface area (Å²) in [5.41, 5.74) is 3.47. The molecule has 1 N–H and O–H groups in total. The monoisotopic (exact) mass is 634 g/mol. The molecule has 0 bridgehead atoms. The van der Waals surface area contributed by atoms with Crippen LogP contribution in [0.25, 0.3) is 16.0 Å². The lowest BCUT2D eigenvalue weighted by atomic mass is 9.94. The third kappa shape index (κ3) is 5.20.